The average molecular weight is 292 g/mol. The van der Waals surface area contributed by atoms with E-state index in [1.807, 2.05) is 12.1 Å². The molecule has 0 aliphatic carbocycles. The minimum Gasteiger partial charge on any atom is -0.367 e. The fourth-order valence-electron chi connectivity index (χ4n) is 3.63. The van der Waals surface area contributed by atoms with Crippen LogP contribution in [0.2, 0.25) is 0 Å². The van der Waals surface area contributed by atoms with E-state index in [1.54, 1.807) is 0 Å². The van der Waals surface area contributed by atoms with E-state index in [2.05, 4.69) is 70.7 Å². The molecular formula is C18H20N4. The maximum atomic E-state index is 4.57. The lowest BCUT2D eigenvalue weighted by molar-refractivity contribution is 0.272. The summed E-state index contributed by atoms with van der Waals surface area (Å²) < 4.78 is 0. The standard InChI is InChI=1S/C18H20N4/c1-3-22-12-13-8-4-5-9-14(13)18-17(19-20-21(18)2)15-10-6-7-11-16(15)22/h4-11,17-18H,3,12H2,1-2H3. The normalized spacial score (nSPS) is 22.6. The first-order valence-electron chi connectivity index (χ1n) is 7.85. The number of benzene rings is 2. The number of likely N-dealkylation sites (N-methyl/N-ethyl adjacent to an activating group) is 1. The van der Waals surface area contributed by atoms with Gasteiger partial charge in [0.05, 0.1) is 0 Å². The van der Waals surface area contributed by atoms with Crippen molar-refractivity contribution in [2.75, 3.05) is 18.5 Å². The van der Waals surface area contributed by atoms with Gasteiger partial charge in [0.2, 0.25) is 0 Å². The number of anilines is 1. The van der Waals surface area contributed by atoms with Gasteiger partial charge in [0, 0.05) is 31.4 Å². The molecule has 4 rings (SSSR count). The summed E-state index contributed by atoms with van der Waals surface area (Å²) in [5.41, 5.74) is 5.27. The van der Waals surface area contributed by atoms with Crippen molar-refractivity contribution in [2.45, 2.75) is 25.6 Å². The molecule has 4 nitrogen and oxygen atoms in total. The van der Waals surface area contributed by atoms with Crippen molar-refractivity contribution in [2.24, 2.45) is 10.3 Å². The highest BCUT2D eigenvalue weighted by molar-refractivity contribution is 5.58. The Hall–Kier alpha value is -2.36. The van der Waals surface area contributed by atoms with Crippen molar-refractivity contribution >= 4 is 5.69 Å². The summed E-state index contributed by atoms with van der Waals surface area (Å²) in [5, 5.41) is 10.9. The van der Waals surface area contributed by atoms with Gasteiger partial charge in [0.25, 0.3) is 0 Å². The molecule has 2 aromatic rings. The second-order valence-electron chi connectivity index (χ2n) is 5.94. The molecular weight excluding hydrogens is 272 g/mol. The van der Waals surface area contributed by atoms with Crippen LogP contribution in [0.4, 0.5) is 5.69 Å². The van der Waals surface area contributed by atoms with E-state index in [0.717, 1.165) is 13.1 Å². The largest absolute Gasteiger partial charge is 0.367 e. The van der Waals surface area contributed by atoms with E-state index in [9.17, 15) is 0 Å². The summed E-state index contributed by atoms with van der Waals surface area (Å²) in [7, 11) is 2.02. The van der Waals surface area contributed by atoms with Gasteiger partial charge in [-0.25, -0.2) is 0 Å². The number of nitrogens with zero attached hydrogens (tertiary/aromatic N) is 4. The minimum absolute atomic E-state index is 0.0664. The van der Waals surface area contributed by atoms with E-state index in [-0.39, 0.29) is 12.1 Å². The molecule has 0 fully saturated rings. The molecule has 0 bridgehead atoms. The van der Waals surface area contributed by atoms with Crippen LogP contribution in [-0.4, -0.2) is 18.6 Å². The maximum Gasteiger partial charge on any atom is 0.126 e. The van der Waals surface area contributed by atoms with Gasteiger partial charge in [-0.2, -0.15) is 5.11 Å². The number of hydrogen-bond acceptors (Lipinski definition) is 4. The van der Waals surface area contributed by atoms with E-state index in [1.165, 1.54) is 22.4 Å². The smallest absolute Gasteiger partial charge is 0.126 e. The molecule has 0 saturated carbocycles. The quantitative estimate of drug-likeness (QED) is 0.791. The van der Waals surface area contributed by atoms with E-state index in [0.29, 0.717) is 0 Å². The van der Waals surface area contributed by atoms with Gasteiger partial charge in [0.1, 0.15) is 12.1 Å². The van der Waals surface area contributed by atoms with Gasteiger partial charge in [-0.15, -0.1) is 0 Å². The summed E-state index contributed by atoms with van der Waals surface area (Å²) in [4.78, 5) is 2.43. The summed E-state index contributed by atoms with van der Waals surface area (Å²) in [5.74, 6) is 0. The third-order valence-electron chi connectivity index (χ3n) is 4.73. The van der Waals surface area contributed by atoms with Crippen molar-refractivity contribution in [3.63, 3.8) is 0 Å². The topological polar surface area (TPSA) is 31.2 Å². The molecule has 4 heteroatoms. The number of hydrogen-bond donors (Lipinski definition) is 0. The maximum absolute atomic E-state index is 4.57. The van der Waals surface area contributed by atoms with Crippen LogP contribution < -0.4 is 4.90 Å². The van der Waals surface area contributed by atoms with Crippen LogP contribution in [0.1, 0.15) is 35.7 Å². The first-order chi connectivity index (χ1) is 10.8. The van der Waals surface area contributed by atoms with Crippen molar-refractivity contribution in [3.05, 3.63) is 65.2 Å². The van der Waals surface area contributed by atoms with Crippen LogP contribution in [-0.2, 0) is 6.54 Å². The van der Waals surface area contributed by atoms with Crippen LogP contribution in [0, 0.1) is 0 Å². The predicted octanol–water partition coefficient (Wildman–Crippen LogP) is 4.12. The van der Waals surface area contributed by atoms with Gasteiger partial charge in [-0.3, -0.25) is 5.01 Å². The van der Waals surface area contributed by atoms with Gasteiger partial charge in [0.15, 0.2) is 0 Å². The Morgan fingerprint density at radius 3 is 2.59 bits per heavy atom. The number of fused-ring (bicyclic) bond motifs is 5. The molecule has 2 aliphatic rings. The Balaban J connectivity index is 1.94. The molecule has 0 N–H and O–H groups in total. The Kier molecular flexibility index (Phi) is 3.10. The van der Waals surface area contributed by atoms with Gasteiger partial charge < -0.3 is 4.90 Å². The molecule has 0 amide bonds. The lowest BCUT2D eigenvalue weighted by Gasteiger charge is -2.34. The van der Waals surface area contributed by atoms with Crippen molar-refractivity contribution in [3.8, 4) is 0 Å². The minimum atomic E-state index is 0.0664. The second kappa shape index (κ2) is 5.13. The lowest BCUT2D eigenvalue weighted by atomic mass is 9.88. The highest BCUT2D eigenvalue weighted by Crippen LogP contribution is 2.47. The second-order valence-corrected chi connectivity index (χ2v) is 5.94. The molecule has 0 spiro atoms. The highest BCUT2D eigenvalue weighted by atomic mass is 15.6. The zero-order chi connectivity index (χ0) is 15.1. The Bertz CT molecular complexity index is 725. The van der Waals surface area contributed by atoms with Gasteiger partial charge >= 0.3 is 0 Å². The van der Waals surface area contributed by atoms with Gasteiger partial charge in [-0.05, 0) is 24.1 Å². The molecule has 2 aromatic carbocycles. The molecule has 2 aliphatic heterocycles. The first kappa shape index (κ1) is 13.3. The predicted molar refractivity (Wildman–Crippen MR) is 87.7 cm³/mol. The summed E-state index contributed by atoms with van der Waals surface area (Å²) in [6, 6.07) is 17.6. The fourth-order valence-corrected chi connectivity index (χ4v) is 3.63. The zero-order valence-corrected chi connectivity index (χ0v) is 13.0. The lowest BCUT2D eigenvalue weighted by Crippen LogP contribution is -2.30. The molecule has 22 heavy (non-hydrogen) atoms. The highest BCUT2D eigenvalue weighted by Gasteiger charge is 2.37. The summed E-state index contributed by atoms with van der Waals surface area (Å²) in [6.07, 6.45) is 0. The first-order valence-corrected chi connectivity index (χ1v) is 7.85. The third kappa shape index (κ3) is 1.90. The van der Waals surface area contributed by atoms with Crippen LogP contribution in [0.5, 0.6) is 0 Å². The molecule has 0 aromatic heterocycles. The molecule has 0 radical (unpaired) electrons. The summed E-state index contributed by atoms with van der Waals surface area (Å²) >= 11 is 0. The van der Waals surface area contributed by atoms with Crippen LogP contribution >= 0.6 is 0 Å². The molecule has 2 heterocycles. The molecule has 2 unspecified atom stereocenters. The van der Waals surface area contributed by atoms with Crippen molar-refractivity contribution in [1.82, 2.24) is 5.01 Å². The molecule has 112 valence electrons. The SMILES string of the molecule is CCN1Cc2ccccc2C2C(N=NN2C)c2ccccc21. The van der Waals surface area contributed by atoms with E-state index >= 15 is 0 Å². The molecule has 0 saturated heterocycles. The van der Waals surface area contributed by atoms with Crippen molar-refractivity contribution in [1.29, 1.82) is 0 Å². The average Bonchev–Trinajstić information content (AvgIpc) is 2.92. The van der Waals surface area contributed by atoms with E-state index < -0.39 is 0 Å². The van der Waals surface area contributed by atoms with Crippen LogP contribution in [0.15, 0.2) is 58.9 Å². The van der Waals surface area contributed by atoms with Crippen LogP contribution in [0.3, 0.4) is 0 Å². The summed E-state index contributed by atoms with van der Waals surface area (Å²) in [6.45, 7) is 4.12. The van der Waals surface area contributed by atoms with Gasteiger partial charge in [-0.1, -0.05) is 47.7 Å². The number of para-hydroxylation sites is 1. The molecule has 2 atom stereocenters. The third-order valence-corrected chi connectivity index (χ3v) is 4.73. The monoisotopic (exact) mass is 292 g/mol. The van der Waals surface area contributed by atoms with Crippen LogP contribution in [0.25, 0.3) is 0 Å². The van der Waals surface area contributed by atoms with Crippen molar-refractivity contribution < 1.29 is 0 Å². The Labute approximate surface area is 131 Å². The fraction of sp³-hybridized carbons (Fsp3) is 0.333. The Morgan fingerprint density at radius 1 is 1.05 bits per heavy atom. The van der Waals surface area contributed by atoms with E-state index in [4.69, 9.17) is 0 Å². The number of rotatable bonds is 1. The Morgan fingerprint density at radius 2 is 1.77 bits per heavy atom. The zero-order valence-electron chi connectivity index (χ0n) is 13.0.